The Morgan fingerprint density at radius 2 is 1.85 bits per heavy atom. The van der Waals surface area contributed by atoms with Crippen molar-refractivity contribution in [1.82, 2.24) is 0 Å². The van der Waals surface area contributed by atoms with E-state index in [4.69, 9.17) is 0 Å². The minimum Gasteiger partial charge on any atom is -0.290 e. The van der Waals surface area contributed by atoms with E-state index in [0.29, 0.717) is 11.0 Å². The summed E-state index contributed by atoms with van der Waals surface area (Å²) in [4.78, 5) is 11.4. The van der Waals surface area contributed by atoms with Crippen LogP contribution < -0.4 is 0 Å². The third-order valence-electron chi connectivity index (χ3n) is 5.30. The number of hydrogen-bond acceptors (Lipinski definition) is 1. The molecule has 2 aliphatic rings. The molecule has 0 amide bonds. The van der Waals surface area contributed by atoms with Crippen molar-refractivity contribution in [3.05, 3.63) is 24.3 Å². The summed E-state index contributed by atoms with van der Waals surface area (Å²) in [5.41, 5.74) is 3.69. The molecule has 2 heteroatoms. The van der Waals surface area contributed by atoms with Gasteiger partial charge in [-0.3, -0.25) is 4.79 Å². The molecule has 0 N–H and O–H groups in total. The summed E-state index contributed by atoms with van der Waals surface area (Å²) in [7, 11) is -1.54. The van der Waals surface area contributed by atoms with Gasteiger partial charge in [-0.25, -0.2) is 0 Å². The first kappa shape index (κ1) is 15.3. The highest BCUT2D eigenvalue weighted by Gasteiger charge is 2.40. The summed E-state index contributed by atoms with van der Waals surface area (Å²) in [6.45, 7) is 11.6. The molecule has 0 unspecified atom stereocenters. The van der Waals surface area contributed by atoms with Crippen LogP contribution in [0.5, 0.6) is 0 Å². The Labute approximate surface area is 124 Å². The van der Waals surface area contributed by atoms with Crippen LogP contribution in [0.15, 0.2) is 24.3 Å². The molecule has 0 aliphatic heterocycles. The molecule has 1 fully saturated rings. The average molecular weight is 286 g/mol. The Bertz CT molecular complexity index is 504. The van der Waals surface area contributed by atoms with E-state index in [1.807, 2.05) is 0 Å². The first-order chi connectivity index (χ1) is 9.16. The minimum atomic E-state index is -1.54. The minimum absolute atomic E-state index is 0.0310. The maximum atomic E-state index is 11.4. The molecule has 0 saturated heterocycles. The van der Waals surface area contributed by atoms with Crippen molar-refractivity contribution in [1.29, 1.82) is 0 Å². The SMILES string of the molecule is CC(C)(C)[Si](C)(C)C#C[C@@H]1CCCC12C=CC(=O)C=C2. The average Bonchev–Trinajstić information content (AvgIpc) is 2.72. The second-order valence-corrected chi connectivity index (χ2v) is 12.8. The lowest BCUT2D eigenvalue weighted by molar-refractivity contribution is -0.110. The zero-order valence-corrected chi connectivity index (χ0v) is 14.4. The van der Waals surface area contributed by atoms with Gasteiger partial charge in [0.05, 0.1) is 0 Å². The van der Waals surface area contributed by atoms with Crippen molar-refractivity contribution < 1.29 is 4.79 Å². The fraction of sp³-hybridized carbons (Fsp3) is 0.611. The molecular formula is C18H26OSi. The Morgan fingerprint density at radius 1 is 1.25 bits per heavy atom. The van der Waals surface area contributed by atoms with E-state index >= 15 is 0 Å². The van der Waals surface area contributed by atoms with Crippen LogP contribution in [0.3, 0.4) is 0 Å². The summed E-state index contributed by atoms with van der Waals surface area (Å²) in [5.74, 6) is 4.10. The predicted octanol–water partition coefficient (Wildman–Crippen LogP) is 4.52. The van der Waals surface area contributed by atoms with Crippen LogP contribution in [0.25, 0.3) is 0 Å². The van der Waals surface area contributed by atoms with Gasteiger partial charge in [0, 0.05) is 11.3 Å². The Morgan fingerprint density at radius 3 is 2.40 bits per heavy atom. The number of carbonyl (C=O) groups excluding carboxylic acids is 1. The molecule has 0 radical (unpaired) electrons. The van der Waals surface area contributed by atoms with Gasteiger partial charge >= 0.3 is 0 Å². The molecule has 1 atom stereocenters. The van der Waals surface area contributed by atoms with E-state index in [-0.39, 0.29) is 11.2 Å². The zero-order chi connectivity index (χ0) is 15.0. The highest BCUT2D eigenvalue weighted by atomic mass is 28.3. The molecule has 2 aliphatic carbocycles. The van der Waals surface area contributed by atoms with Gasteiger partial charge in [-0.15, -0.1) is 11.5 Å². The smallest absolute Gasteiger partial charge is 0.178 e. The topological polar surface area (TPSA) is 17.1 Å². The second-order valence-electron chi connectivity index (χ2n) is 7.77. The van der Waals surface area contributed by atoms with Crippen LogP contribution in [0.1, 0.15) is 40.0 Å². The van der Waals surface area contributed by atoms with Crippen LogP contribution in [0.2, 0.25) is 18.1 Å². The summed E-state index contributed by atoms with van der Waals surface area (Å²) >= 11 is 0. The van der Waals surface area contributed by atoms with Crippen LogP contribution in [0.4, 0.5) is 0 Å². The molecular weight excluding hydrogens is 260 g/mol. The van der Waals surface area contributed by atoms with Crippen molar-refractivity contribution in [2.24, 2.45) is 11.3 Å². The molecule has 0 heterocycles. The van der Waals surface area contributed by atoms with Crippen LogP contribution in [-0.4, -0.2) is 13.9 Å². The van der Waals surface area contributed by atoms with Gasteiger partial charge in [-0.1, -0.05) is 52.4 Å². The Kier molecular flexibility index (Phi) is 3.86. The molecule has 0 aromatic heterocycles. The number of allylic oxidation sites excluding steroid dienone is 4. The van der Waals surface area contributed by atoms with Crippen molar-refractivity contribution in [2.45, 2.75) is 58.2 Å². The van der Waals surface area contributed by atoms with Gasteiger partial charge in [-0.05, 0) is 30.0 Å². The molecule has 0 aromatic carbocycles. The van der Waals surface area contributed by atoms with E-state index in [1.165, 1.54) is 6.42 Å². The number of rotatable bonds is 0. The summed E-state index contributed by atoms with van der Waals surface area (Å²) in [6.07, 6.45) is 11.2. The lowest BCUT2D eigenvalue weighted by atomic mass is 9.75. The van der Waals surface area contributed by atoms with Gasteiger partial charge < -0.3 is 0 Å². The molecule has 20 heavy (non-hydrogen) atoms. The van der Waals surface area contributed by atoms with Gasteiger partial charge in [0.2, 0.25) is 0 Å². The maximum Gasteiger partial charge on any atom is 0.178 e. The predicted molar refractivity (Wildman–Crippen MR) is 88.0 cm³/mol. The van der Waals surface area contributed by atoms with Gasteiger partial charge in [0.25, 0.3) is 0 Å². The molecule has 2 rings (SSSR count). The van der Waals surface area contributed by atoms with E-state index in [1.54, 1.807) is 12.2 Å². The quantitative estimate of drug-likeness (QED) is 0.473. The Hall–Kier alpha value is -1.07. The molecule has 0 aromatic rings. The largest absolute Gasteiger partial charge is 0.290 e. The number of hydrogen-bond donors (Lipinski definition) is 0. The molecule has 0 bridgehead atoms. The van der Waals surface area contributed by atoms with E-state index in [9.17, 15) is 4.79 Å². The second kappa shape index (κ2) is 5.04. The third-order valence-corrected chi connectivity index (χ3v) is 9.82. The lowest BCUT2D eigenvalue weighted by Gasteiger charge is -2.32. The molecule has 1 nitrogen and oxygen atoms in total. The van der Waals surface area contributed by atoms with Gasteiger partial charge in [0.1, 0.15) is 8.07 Å². The van der Waals surface area contributed by atoms with Crippen LogP contribution in [0, 0.1) is 22.8 Å². The van der Waals surface area contributed by atoms with Crippen LogP contribution in [-0.2, 0) is 4.79 Å². The molecule has 108 valence electrons. The van der Waals surface area contributed by atoms with Crippen LogP contribution >= 0.6 is 0 Å². The van der Waals surface area contributed by atoms with Gasteiger partial charge in [0.15, 0.2) is 5.78 Å². The normalized spacial score (nSPS) is 24.9. The van der Waals surface area contributed by atoms with Crippen molar-refractivity contribution in [2.75, 3.05) is 0 Å². The lowest BCUT2D eigenvalue weighted by Crippen LogP contribution is -2.36. The van der Waals surface area contributed by atoms with E-state index in [2.05, 4.69) is 57.5 Å². The fourth-order valence-electron chi connectivity index (χ4n) is 2.70. The highest BCUT2D eigenvalue weighted by molar-refractivity contribution is 6.87. The third kappa shape index (κ3) is 2.83. The monoisotopic (exact) mass is 286 g/mol. The van der Waals surface area contributed by atoms with E-state index in [0.717, 1.165) is 12.8 Å². The first-order valence-corrected chi connectivity index (χ1v) is 10.6. The summed E-state index contributed by atoms with van der Waals surface area (Å²) < 4.78 is 0. The summed E-state index contributed by atoms with van der Waals surface area (Å²) in [6, 6.07) is 0. The molecule has 1 saturated carbocycles. The number of ketones is 1. The standard InChI is InChI=1S/C18H26OSi/c1-17(2,3)20(4,5)14-10-15-7-6-11-18(15)12-8-16(19)9-13-18/h8-9,12-13,15H,6-7,11H2,1-5H3/t15-/m0/s1. The van der Waals surface area contributed by atoms with E-state index < -0.39 is 8.07 Å². The highest BCUT2D eigenvalue weighted by Crippen LogP contribution is 2.47. The maximum absolute atomic E-state index is 11.4. The zero-order valence-electron chi connectivity index (χ0n) is 13.4. The Balaban J connectivity index is 2.25. The number of carbonyl (C=O) groups is 1. The van der Waals surface area contributed by atoms with Crippen molar-refractivity contribution in [3.63, 3.8) is 0 Å². The van der Waals surface area contributed by atoms with Crippen molar-refractivity contribution >= 4 is 13.9 Å². The first-order valence-electron chi connectivity index (χ1n) is 7.61. The van der Waals surface area contributed by atoms with Crippen molar-refractivity contribution in [3.8, 4) is 11.5 Å². The summed E-state index contributed by atoms with van der Waals surface area (Å²) in [5, 5.41) is 0.306. The molecule has 1 spiro atoms. The fourth-order valence-corrected chi connectivity index (χ4v) is 3.61. The van der Waals surface area contributed by atoms with Gasteiger partial charge in [-0.2, -0.15) is 0 Å².